The number of amides is 1. The second kappa shape index (κ2) is 11.6. The quantitative estimate of drug-likeness (QED) is 0.298. The van der Waals surface area contributed by atoms with E-state index in [9.17, 15) is 14.4 Å². The summed E-state index contributed by atoms with van der Waals surface area (Å²) in [6.45, 7) is 5.14. The number of methoxy groups -OCH3 is 1. The number of fused-ring (bicyclic) bond motifs is 1. The summed E-state index contributed by atoms with van der Waals surface area (Å²) >= 11 is 6.07. The van der Waals surface area contributed by atoms with Crippen LogP contribution < -0.4 is 10.1 Å². The number of rotatable bonds is 7. The van der Waals surface area contributed by atoms with Crippen LogP contribution in [0.15, 0.2) is 66.7 Å². The van der Waals surface area contributed by atoms with Crippen LogP contribution in [-0.4, -0.2) is 46.8 Å². The van der Waals surface area contributed by atoms with E-state index < -0.39 is 23.6 Å². The molecule has 0 unspecified atom stereocenters. The first-order valence-electron chi connectivity index (χ1n) is 12.1. The highest BCUT2D eigenvalue weighted by Gasteiger charge is 2.27. The molecule has 1 heterocycles. The second-order valence-corrected chi connectivity index (χ2v) is 10.1. The maximum absolute atomic E-state index is 13.2. The van der Waals surface area contributed by atoms with E-state index >= 15 is 0 Å². The van der Waals surface area contributed by atoms with Gasteiger partial charge in [-0.25, -0.2) is 14.3 Å². The third-order valence-corrected chi connectivity index (χ3v) is 5.75. The van der Waals surface area contributed by atoms with Gasteiger partial charge in [-0.15, -0.1) is 0 Å². The van der Waals surface area contributed by atoms with Crippen LogP contribution in [0, 0.1) is 0 Å². The minimum Gasteiger partial charge on any atom is -0.489 e. The number of carbonyl (C=O) groups is 3. The molecule has 0 aliphatic heterocycles. The topological polar surface area (TPSA) is 109 Å². The Morgan fingerprint density at radius 2 is 1.72 bits per heavy atom. The molecular weight excluding hydrogens is 522 g/mol. The van der Waals surface area contributed by atoms with E-state index in [1.807, 2.05) is 48.5 Å². The van der Waals surface area contributed by atoms with Gasteiger partial charge >= 0.3 is 12.1 Å². The average Bonchev–Trinajstić information content (AvgIpc) is 3.29. The van der Waals surface area contributed by atoms with Crippen molar-refractivity contribution < 1.29 is 28.6 Å². The normalized spacial score (nSPS) is 11.2. The van der Waals surface area contributed by atoms with Crippen LogP contribution >= 0.6 is 11.6 Å². The number of esters is 1. The van der Waals surface area contributed by atoms with Crippen LogP contribution in [0.5, 0.6) is 5.75 Å². The van der Waals surface area contributed by atoms with Gasteiger partial charge in [-0.05, 0) is 73.9 Å². The first-order valence-corrected chi connectivity index (χ1v) is 12.5. The number of carbonyl (C=O) groups excluding carboxylic acids is 3. The molecule has 0 bridgehead atoms. The number of hydrogen-bond acceptors (Lipinski definition) is 7. The van der Waals surface area contributed by atoms with Crippen molar-refractivity contribution in [2.45, 2.75) is 33.0 Å². The van der Waals surface area contributed by atoms with Crippen LogP contribution in [-0.2, 0) is 20.9 Å². The summed E-state index contributed by atoms with van der Waals surface area (Å²) in [6, 6.07) is 20.2. The number of hydrogen-bond donors (Lipinski definition) is 1. The molecule has 0 saturated carbocycles. The summed E-state index contributed by atoms with van der Waals surface area (Å²) in [5, 5.41) is 3.06. The van der Waals surface area contributed by atoms with Gasteiger partial charge in [-0.3, -0.25) is 9.59 Å². The van der Waals surface area contributed by atoms with E-state index in [0.717, 1.165) is 21.3 Å². The first kappa shape index (κ1) is 27.7. The molecule has 0 atom stereocenters. The molecule has 4 rings (SSSR count). The van der Waals surface area contributed by atoms with Gasteiger partial charge in [0.1, 0.15) is 24.5 Å². The zero-order valence-corrected chi connectivity index (χ0v) is 22.7. The standard InChI is InChI=1S/C29H28ClN3O6/c1-29(2,3)39-28(36)33-24-15-20(11-12-23(24)32-26(33)27(35)31-16-25(34)37-4)19-8-6-10-22(14-19)38-17-18-7-5-9-21(30)13-18/h5-15H,16-17H2,1-4H3,(H,31,35). The average molecular weight is 550 g/mol. The molecule has 0 aliphatic carbocycles. The fraction of sp³-hybridized carbons (Fsp3) is 0.241. The van der Waals surface area contributed by atoms with Gasteiger partial charge in [0.2, 0.25) is 5.82 Å². The lowest BCUT2D eigenvalue weighted by Crippen LogP contribution is -2.35. The number of benzene rings is 3. The lowest BCUT2D eigenvalue weighted by Gasteiger charge is -2.20. The van der Waals surface area contributed by atoms with Crippen LogP contribution in [0.25, 0.3) is 22.2 Å². The first-order chi connectivity index (χ1) is 18.5. The highest BCUT2D eigenvalue weighted by Crippen LogP contribution is 2.29. The maximum Gasteiger partial charge on any atom is 0.420 e. The molecule has 1 amide bonds. The SMILES string of the molecule is COC(=O)CNC(=O)c1nc2ccc(-c3cccc(OCc4cccc(Cl)c4)c3)cc2n1C(=O)OC(C)(C)C. The van der Waals surface area contributed by atoms with Gasteiger partial charge in [-0.1, -0.05) is 41.9 Å². The van der Waals surface area contributed by atoms with Crippen molar-refractivity contribution in [2.24, 2.45) is 0 Å². The largest absolute Gasteiger partial charge is 0.489 e. The zero-order valence-electron chi connectivity index (χ0n) is 22.0. The third kappa shape index (κ3) is 6.94. The Morgan fingerprint density at radius 1 is 0.974 bits per heavy atom. The molecule has 10 heteroatoms. The molecular formula is C29H28ClN3O6. The van der Waals surface area contributed by atoms with Gasteiger partial charge in [0.05, 0.1) is 18.1 Å². The maximum atomic E-state index is 13.2. The van der Waals surface area contributed by atoms with Crippen molar-refractivity contribution in [3.63, 3.8) is 0 Å². The number of nitrogens with one attached hydrogen (secondary N) is 1. The second-order valence-electron chi connectivity index (χ2n) is 9.66. The van der Waals surface area contributed by atoms with Crippen LogP contribution in [0.2, 0.25) is 5.02 Å². The molecule has 0 aliphatic rings. The van der Waals surface area contributed by atoms with Gasteiger partial charge < -0.3 is 19.5 Å². The molecule has 0 fully saturated rings. The monoisotopic (exact) mass is 549 g/mol. The Morgan fingerprint density at radius 3 is 2.44 bits per heavy atom. The molecule has 9 nitrogen and oxygen atoms in total. The molecule has 0 radical (unpaired) electrons. The van der Waals surface area contributed by atoms with Crippen molar-refractivity contribution >= 4 is 40.6 Å². The highest BCUT2D eigenvalue weighted by atomic mass is 35.5. The van der Waals surface area contributed by atoms with E-state index in [1.165, 1.54) is 7.11 Å². The molecule has 1 aromatic heterocycles. The number of ether oxygens (including phenoxy) is 3. The Labute approximate surface area is 230 Å². The lowest BCUT2D eigenvalue weighted by atomic mass is 10.0. The smallest absolute Gasteiger partial charge is 0.420 e. The predicted octanol–water partition coefficient (Wildman–Crippen LogP) is 5.62. The molecule has 39 heavy (non-hydrogen) atoms. The summed E-state index contributed by atoms with van der Waals surface area (Å²) in [4.78, 5) is 42.0. The number of nitrogens with zero attached hydrogens (tertiary/aromatic N) is 2. The van der Waals surface area contributed by atoms with E-state index in [0.29, 0.717) is 28.4 Å². The van der Waals surface area contributed by atoms with Crippen LogP contribution in [0.1, 0.15) is 37.0 Å². The van der Waals surface area contributed by atoms with Crippen molar-refractivity contribution in [1.82, 2.24) is 14.9 Å². The highest BCUT2D eigenvalue weighted by molar-refractivity contribution is 6.30. The van der Waals surface area contributed by atoms with E-state index in [-0.39, 0.29) is 12.4 Å². The zero-order chi connectivity index (χ0) is 28.2. The summed E-state index contributed by atoms with van der Waals surface area (Å²) in [5.74, 6) is -0.918. The molecule has 4 aromatic rings. The van der Waals surface area contributed by atoms with Crippen LogP contribution in [0.4, 0.5) is 4.79 Å². The molecule has 202 valence electrons. The van der Waals surface area contributed by atoms with E-state index in [2.05, 4.69) is 15.0 Å². The summed E-state index contributed by atoms with van der Waals surface area (Å²) in [6.07, 6.45) is -0.774. The Kier molecular flexibility index (Phi) is 8.21. The van der Waals surface area contributed by atoms with Crippen molar-refractivity contribution in [2.75, 3.05) is 13.7 Å². The summed E-state index contributed by atoms with van der Waals surface area (Å²) in [7, 11) is 1.21. The fourth-order valence-corrected chi connectivity index (χ4v) is 3.97. The molecule has 3 aromatic carbocycles. The molecule has 0 spiro atoms. The van der Waals surface area contributed by atoms with Crippen molar-refractivity contribution in [3.8, 4) is 16.9 Å². The van der Waals surface area contributed by atoms with Crippen LogP contribution in [0.3, 0.4) is 0 Å². The van der Waals surface area contributed by atoms with E-state index in [4.69, 9.17) is 21.1 Å². The van der Waals surface area contributed by atoms with Crippen molar-refractivity contribution in [1.29, 1.82) is 0 Å². The van der Waals surface area contributed by atoms with Gasteiger partial charge in [-0.2, -0.15) is 0 Å². The number of aromatic nitrogens is 2. The van der Waals surface area contributed by atoms with E-state index in [1.54, 1.807) is 39.0 Å². The minimum absolute atomic E-state index is 0.209. The number of halogens is 1. The number of imidazole rings is 1. The van der Waals surface area contributed by atoms with Crippen molar-refractivity contribution in [3.05, 3.63) is 83.1 Å². The van der Waals surface area contributed by atoms with Gasteiger partial charge in [0, 0.05) is 5.02 Å². The Hall–Kier alpha value is -4.37. The third-order valence-electron chi connectivity index (χ3n) is 5.52. The minimum atomic E-state index is -0.820. The summed E-state index contributed by atoms with van der Waals surface area (Å²) < 4.78 is 17.2. The lowest BCUT2D eigenvalue weighted by molar-refractivity contribution is -0.139. The Balaban J connectivity index is 1.68. The summed E-state index contributed by atoms with van der Waals surface area (Å²) in [5.41, 5.74) is 2.49. The molecule has 0 saturated heterocycles. The van der Waals surface area contributed by atoms with Gasteiger partial charge in [0.15, 0.2) is 0 Å². The van der Waals surface area contributed by atoms with Gasteiger partial charge in [0.25, 0.3) is 5.91 Å². The molecule has 1 N–H and O–H groups in total. The predicted molar refractivity (Wildman–Crippen MR) is 147 cm³/mol. The fourth-order valence-electron chi connectivity index (χ4n) is 3.76. The Bertz CT molecular complexity index is 1540.